The van der Waals surface area contributed by atoms with Gasteiger partial charge in [-0.1, -0.05) is 88.6 Å². The fourth-order valence-electron chi connectivity index (χ4n) is 7.43. The lowest BCUT2D eigenvalue weighted by molar-refractivity contribution is 0.0709. The smallest absolute Gasteiger partial charge is 0.266 e. The van der Waals surface area contributed by atoms with Gasteiger partial charge in [-0.15, -0.1) is 0 Å². The lowest BCUT2D eigenvalue weighted by Crippen LogP contribution is -2.28. The lowest BCUT2D eigenvalue weighted by atomic mass is 9.76. The van der Waals surface area contributed by atoms with E-state index in [2.05, 4.69) is 83.4 Å². The molecule has 4 unspecified atom stereocenters. The lowest BCUT2D eigenvalue weighted by Gasteiger charge is -2.29. The number of allylic oxidation sites excluding steroid dienone is 14. The Bertz CT molecular complexity index is 1610. The minimum absolute atomic E-state index is 0.00130. The van der Waals surface area contributed by atoms with Gasteiger partial charge in [-0.25, -0.2) is 4.90 Å². The van der Waals surface area contributed by atoms with Crippen LogP contribution in [-0.4, -0.2) is 16.7 Å². The van der Waals surface area contributed by atoms with Crippen molar-refractivity contribution >= 4 is 11.8 Å². The largest absolute Gasteiger partial charge is 0.461 e. The second-order valence-corrected chi connectivity index (χ2v) is 12.6. The first-order chi connectivity index (χ1) is 18.9. The molecule has 6 rings (SSSR count). The molecule has 0 aromatic heterocycles. The first kappa shape index (κ1) is 26.1. The summed E-state index contributed by atoms with van der Waals surface area (Å²) < 4.78 is 6.59. The molecule has 40 heavy (non-hydrogen) atoms. The highest BCUT2D eigenvalue weighted by molar-refractivity contribution is 6.22. The van der Waals surface area contributed by atoms with Crippen molar-refractivity contribution in [3.63, 3.8) is 0 Å². The quantitative estimate of drug-likeness (QED) is 0.276. The summed E-state index contributed by atoms with van der Waals surface area (Å²) in [5.41, 5.74) is 3.42. The Labute approximate surface area is 236 Å². The van der Waals surface area contributed by atoms with Crippen molar-refractivity contribution in [2.45, 2.75) is 40.5 Å². The third-order valence-corrected chi connectivity index (χ3v) is 9.04. The van der Waals surface area contributed by atoms with Gasteiger partial charge in [0.1, 0.15) is 11.5 Å². The van der Waals surface area contributed by atoms with Crippen molar-refractivity contribution in [1.29, 1.82) is 0 Å². The number of benzene rings is 1. The average molecular weight is 530 g/mol. The molecular weight excluding hydrogens is 494 g/mol. The maximum atomic E-state index is 13.4. The summed E-state index contributed by atoms with van der Waals surface area (Å²) in [5, 5.41) is 0. The second-order valence-electron chi connectivity index (χ2n) is 12.6. The van der Waals surface area contributed by atoms with Crippen LogP contribution in [0.4, 0.5) is 0 Å². The molecule has 1 aliphatic heterocycles. The summed E-state index contributed by atoms with van der Waals surface area (Å²) >= 11 is 0. The van der Waals surface area contributed by atoms with Gasteiger partial charge in [-0.3, -0.25) is 9.59 Å². The van der Waals surface area contributed by atoms with E-state index in [1.54, 1.807) is 48.6 Å². The number of carbonyl (C=O) groups is 2. The van der Waals surface area contributed by atoms with Gasteiger partial charge in [0.25, 0.3) is 11.8 Å². The van der Waals surface area contributed by atoms with Gasteiger partial charge in [-0.05, 0) is 67.3 Å². The number of carbonyl (C=O) groups excluding carboxylic acids is 2. The summed E-state index contributed by atoms with van der Waals surface area (Å²) in [5.74, 6) is 0.673. The van der Waals surface area contributed by atoms with Crippen LogP contribution in [0.5, 0.6) is 5.75 Å². The zero-order chi connectivity index (χ0) is 28.5. The Balaban J connectivity index is 1.36. The minimum Gasteiger partial charge on any atom is -0.461 e. The number of amides is 2. The molecule has 5 aliphatic rings. The topological polar surface area (TPSA) is 46.6 Å². The number of hydrogen-bond donors (Lipinski definition) is 0. The van der Waals surface area contributed by atoms with E-state index in [9.17, 15) is 9.59 Å². The van der Waals surface area contributed by atoms with Gasteiger partial charge in [-0.2, -0.15) is 0 Å². The van der Waals surface area contributed by atoms with Gasteiger partial charge in [0.15, 0.2) is 0 Å². The van der Waals surface area contributed by atoms with Gasteiger partial charge >= 0.3 is 0 Å². The molecule has 4 nitrogen and oxygen atoms in total. The normalized spacial score (nSPS) is 33.8. The van der Waals surface area contributed by atoms with Crippen LogP contribution in [0.25, 0.3) is 0 Å². The Morgan fingerprint density at radius 3 is 2.20 bits per heavy atom. The third-order valence-electron chi connectivity index (χ3n) is 9.04. The Morgan fingerprint density at radius 1 is 0.850 bits per heavy atom. The molecule has 0 radical (unpaired) electrons. The number of ether oxygens (including phenoxy) is 1. The van der Waals surface area contributed by atoms with Crippen molar-refractivity contribution in [2.24, 2.45) is 21.7 Å². The second kappa shape index (κ2) is 8.66. The summed E-state index contributed by atoms with van der Waals surface area (Å²) in [7, 11) is 0. The maximum Gasteiger partial charge on any atom is 0.266 e. The van der Waals surface area contributed by atoms with Crippen molar-refractivity contribution in [3.8, 4) is 5.75 Å². The molecule has 0 saturated heterocycles. The number of fused-ring (bicyclic) bond motifs is 8. The van der Waals surface area contributed by atoms with E-state index in [0.717, 1.165) is 18.6 Å². The molecule has 4 aliphatic carbocycles. The van der Waals surface area contributed by atoms with Crippen LogP contribution in [0.3, 0.4) is 0 Å². The number of imide groups is 1. The van der Waals surface area contributed by atoms with Crippen LogP contribution in [0, 0.1) is 21.7 Å². The third kappa shape index (κ3) is 3.81. The molecule has 1 fully saturated rings. The summed E-state index contributed by atoms with van der Waals surface area (Å²) in [6.07, 6.45) is 26.3. The first-order valence-electron chi connectivity index (χ1n) is 13.8. The molecule has 4 bridgehead atoms. The number of hydrogen-bond acceptors (Lipinski definition) is 3. The minimum atomic E-state index is -0.383. The van der Waals surface area contributed by atoms with E-state index in [1.807, 2.05) is 0 Å². The van der Waals surface area contributed by atoms with E-state index >= 15 is 0 Å². The molecule has 4 heteroatoms. The summed E-state index contributed by atoms with van der Waals surface area (Å²) in [6.45, 7) is 16.6. The number of nitrogens with zero attached hydrogens (tertiary/aromatic N) is 1. The summed E-state index contributed by atoms with van der Waals surface area (Å²) in [6, 6.07) is 5.16. The maximum absolute atomic E-state index is 13.4. The first-order valence-corrected chi connectivity index (χ1v) is 13.8. The van der Waals surface area contributed by atoms with Crippen LogP contribution in [-0.2, 0) is 0 Å². The van der Waals surface area contributed by atoms with Crippen LogP contribution >= 0.6 is 0 Å². The molecule has 1 saturated carbocycles. The van der Waals surface area contributed by atoms with Crippen LogP contribution in [0.1, 0.15) is 61.3 Å². The molecular formula is C36H35NO3. The van der Waals surface area contributed by atoms with Crippen LogP contribution < -0.4 is 4.74 Å². The predicted octanol–water partition coefficient (Wildman–Crippen LogP) is 8.18. The standard InChI is InChI=1S/C36H35NO3/c1-7-9-13-24(12-8-2)37-31(38)26-15-14-25(18-27(26)32(37)39)40-30-21-33(3)19-28-29(20-36(30,6)22-33)35(5)17-11-10-16-34(28,4)23-35/h7-21H,1-2,22-23H2,3-6H3/b13-9-,24-12+. The highest BCUT2D eigenvalue weighted by atomic mass is 16.5. The van der Waals surface area contributed by atoms with Crippen LogP contribution in [0.2, 0.25) is 0 Å². The highest BCUT2D eigenvalue weighted by Gasteiger charge is 2.54. The predicted molar refractivity (Wildman–Crippen MR) is 159 cm³/mol. The molecule has 2 amide bonds. The SMILES string of the molecule is C=C/C=C\C(=C/C=C)N1C(=O)c2ccc(OC3=CC4(C)C=C5C(=CC3(C)C4)C3(C)C=CC=CC5(C)C3)cc2C1=O. The Hall–Kier alpha value is -4.18. The zero-order valence-corrected chi connectivity index (χ0v) is 23.7. The Kier molecular flexibility index (Phi) is 5.64. The molecule has 0 N–H and O–H groups in total. The monoisotopic (exact) mass is 529 g/mol. The van der Waals surface area contributed by atoms with Crippen LogP contribution in [0.15, 0.2) is 127 Å². The van der Waals surface area contributed by atoms with E-state index < -0.39 is 0 Å². The summed E-state index contributed by atoms with van der Waals surface area (Å²) in [4.78, 5) is 27.8. The van der Waals surface area contributed by atoms with E-state index in [-0.39, 0.29) is 33.5 Å². The van der Waals surface area contributed by atoms with Gasteiger partial charge in [0, 0.05) is 21.7 Å². The van der Waals surface area contributed by atoms with Gasteiger partial charge < -0.3 is 4.74 Å². The molecule has 1 aromatic rings. The molecule has 0 spiro atoms. The van der Waals surface area contributed by atoms with E-state index in [0.29, 0.717) is 22.6 Å². The van der Waals surface area contributed by atoms with Crippen molar-refractivity contribution in [1.82, 2.24) is 4.90 Å². The molecule has 202 valence electrons. The average Bonchev–Trinajstić information content (AvgIpc) is 3.24. The fourth-order valence-corrected chi connectivity index (χ4v) is 7.43. The van der Waals surface area contributed by atoms with Crippen molar-refractivity contribution in [2.75, 3.05) is 0 Å². The van der Waals surface area contributed by atoms with Gasteiger partial charge in [0.05, 0.1) is 16.8 Å². The zero-order valence-electron chi connectivity index (χ0n) is 23.7. The number of rotatable bonds is 6. The molecule has 1 heterocycles. The highest BCUT2D eigenvalue weighted by Crippen LogP contribution is 2.65. The van der Waals surface area contributed by atoms with Crippen molar-refractivity contribution < 1.29 is 14.3 Å². The van der Waals surface area contributed by atoms with Crippen molar-refractivity contribution in [3.05, 3.63) is 138 Å². The van der Waals surface area contributed by atoms with E-state index in [1.165, 1.54) is 16.0 Å². The molecule has 4 atom stereocenters. The molecule has 1 aromatic carbocycles. The Morgan fingerprint density at radius 2 is 1.52 bits per heavy atom. The fraction of sp³-hybridized carbons (Fsp3) is 0.278. The van der Waals surface area contributed by atoms with E-state index in [4.69, 9.17) is 4.74 Å². The van der Waals surface area contributed by atoms with Gasteiger partial charge in [0.2, 0.25) is 0 Å².